The predicted octanol–water partition coefficient (Wildman–Crippen LogP) is 2.13. The second-order valence-corrected chi connectivity index (χ2v) is 5.59. The van der Waals surface area contributed by atoms with Crippen LogP contribution in [0.15, 0.2) is 16.9 Å². The largest absolute Gasteiger partial charge is 0.323 e. The second kappa shape index (κ2) is 5.35. The summed E-state index contributed by atoms with van der Waals surface area (Å²) in [6, 6.07) is 3.50. The number of carbonyl (C=O) groups excluding carboxylic acids is 1. The number of benzene rings is 1. The van der Waals surface area contributed by atoms with Gasteiger partial charge >= 0.3 is 5.69 Å². The van der Waals surface area contributed by atoms with Gasteiger partial charge in [-0.3, -0.25) is 4.79 Å². The quantitative estimate of drug-likeness (QED) is 0.674. The summed E-state index contributed by atoms with van der Waals surface area (Å²) in [6.07, 6.45) is 0. The summed E-state index contributed by atoms with van der Waals surface area (Å²) in [5, 5.41) is 2.86. The number of nitrogens with zero attached hydrogens (tertiary/aromatic N) is 2. The van der Waals surface area contributed by atoms with Crippen LogP contribution >= 0.6 is 0 Å². The Morgan fingerprint density at radius 1 is 1.09 bits per heavy atom. The first kappa shape index (κ1) is 15.0. The maximum absolute atomic E-state index is 12.5. The minimum atomic E-state index is -0.337. The Morgan fingerprint density at radius 3 is 2.52 bits per heavy atom. The van der Waals surface area contributed by atoms with E-state index in [-0.39, 0.29) is 11.6 Å². The smallest absolute Gasteiger partial charge is 0.318 e. The molecule has 7 nitrogen and oxygen atoms in total. The summed E-state index contributed by atoms with van der Waals surface area (Å²) in [4.78, 5) is 37.8. The Labute approximate surface area is 132 Å². The number of rotatable bonds is 2. The van der Waals surface area contributed by atoms with Crippen LogP contribution in [0.2, 0.25) is 0 Å². The van der Waals surface area contributed by atoms with Gasteiger partial charge < -0.3 is 15.3 Å². The highest BCUT2D eigenvalue weighted by Crippen LogP contribution is 2.27. The SMILES string of the molecule is Cc1cc(C(=O)Nc2c(C)c(C)cc3[nH]c(=O)[nH]c23)nc(C)n1. The van der Waals surface area contributed by atoms with Gasteiger partial charge in [0.05, 0.1) is 16.7 Å². The molecule has 2 aromatic heterocycles. The summed E-state index contributed by atoms with van der Waals surface area (Å²) < 4.78 is 0. The lowest BCUT2D eigenvalue weighted by atomic mass is 10.1. The maximum Gasteiger partial charge on any atom is 0.323 e. The highest BCUT2D eigenvalue weighted by molar-refractivity contribution is 6.08. The van der Waals surface area contributed by atoms with E-state index < -0.39 is 0 Å². The van der Waals surface area contributed by atoms with E-state index >= 15 is 0 Å². The molecule has 0 saturated carbocycles. The maximum atomic E-state index is 12.5. The van der Waals surface area contributed by atoms with Gasteiger partial charge in [0, 0.05) is 5.69 Å². The van der Waals surface area contributed by atoms with Crippen molar-refractivity contribution in [2.24, 2.45) is 0 Å². The molecule has 0 aliphatic rings. The van der Waals surface area contributed by atoms with E-state index in [9.17, 15) is 9.59 Å². The number of nitrogens with one attached hydrogen (secondary N) is 3. The molecule has 23 heavy (non-hydrogen) atoms. The van der Waals surface area contributed by atoms with Crippen molar-refractivity contribution < 1.29 is 4.79 Å². The Kier molecular flexibility index (Phi) is 3.48. The van der Waals surface area contributed by atoms with Crippen LogP contribution in [0.4, 0.5) is 5.69 Å². The number of imidazole rings is 1. The molecular formula is C16H17N5O2. The molecule has 3 N–H and O–H groups in total. The Bertz CT molecular complexity index is 964. The number of aromatic nitrogens is 4. The molecule has 0 aliphatic carbocycles. The van der Waals surface area contributed by atoms with Gasteiger partial charge in [-0.2, -0.15) is 0 Å². The van der Waals surface area contributed by atoms with Crippen LogP contribution in [-0.2, 0) is 0 Å². The van der Waals surface area contributed by atoms with E-state index in [2.05, 4.69) is 25.3 Å². The fraction of sp³-hybridized carbons (Fsp3) is 0.250. The van der Waals surface area contributed by atoms with Gasteiger partial charge in [-0.15, -0.1) is 0 Å². The van der Waals surface area contributed by atoms with E-state index in [1.54, 1.807) is 13.0 Å². The lowest BCUT2D eigenvalue weighted by Gasteiger charge is -2.12. The third-order valence-electron chi connectivity index (χ3n) is 3.77. The molecule has 1 aromatic carbocycles. The molecule has 0 unspecified atom stereocenters. The van der Waals surface area contributed by atoms with Gasteiger partial charge in [-0.1, -0.05) is 0 Å². The van der Waals surface area contributed by atoms with Crippen LogP contribution in [-0.4, -0.2) is 25.8 Å². The number of amides is 1. The van der Waals surface area contributed by atoms with Crippen molar-refractivity contribution in [2.75, 3.05) is 5.32 Å². The first-order valence-electron chi connectivity index (χ1n) is 7.21. The van der Waals surface area contributed by atoms with Crippen molar-refractivity contribution in [2.45, 2.75) is 27.7 Å². The number of H-pyrrole nitrogens is 2. The molecule has 3 rings (SSSR count). The van der Waals surface area contributed by atoms with Gasteiger partial charge in [0.15, 0.2) is 0 Å². The lowest BCUT2D eigenvalue weighted by molar-refractivity contribution is 0.102. The molecule has 0 saturated heterocycles. The molecular weight excluding hydrogens is 294 g/mol. The second-order valence-electron chi connectivity index (χ2n) is 5.59. The van der Waals surface area contributed by atoms with Crippen molar-refractivity contribution >= 4 is 22.6 Å². The standard InChI is InChI=1S/C16H17N5O2/c1-7-5-11-14(21-16(23)19-11)13(9(7)3)20-15(22)12-6-8(2)17-10(4)18-12/h5-6H,1-4H3,(H,20,22)(H2,19,21,23). The normalized spacial score (nSPS) is 11.0. The number of fused-ring (bicyclic) bond motifs is 1. The van der Waals surface area contributed by atoms with Crippen LogP contribution in [0, 0.1) is 27.7 Å². The predicted molar refractivity (Wildman–Crippen MR) is 87.9 cm³/mol. The van der Waals surface area contributed by atoms with Gasteiger partial charge in [-0.25, -0.2) is 14.8 Å². The topological polar surface area (TPSA) is 104 Å². The molecule has 0 fully saturated rings. The van der Waals surface area contributed by atoms with Gasteiger partial charge in [-0.05, 0) is 51.0 Å². The highest BCUT2D eigenvalue weighted by atomic mass is 16.2. The average molecular weight is 311 g/mol. The van der Waals surface area contributed by atoms with Crippen molar-refractivity contribution in [1.29, 1.82) is 0 Å². The van der Waals surface area contributed by atoms with Crippen LogP contribution in [0.1, 0.15) is 33.1 Å². The minimum absolute atomic E-state index is 0.293. The van der Waals surface area contributed by atoms with Crippen LogP contribution in [0.3, 0.4) is 0 Å². The van der Waals surface area contributed by atoms with E-state index in [1.165, 1.54) is 0 Å². The summed E-state index contributed by atoms with van der Waals surface area (Å²) in [7, 11) is 0. The van der Waals surface area contributed by atoms with E-state index in [4.69, 9.17) is 0 Å². The van der Waals surface area contributed by atoms with Crippen LogP contribution in [0.5, 0.6) is 0 Å². The Balaban J connectivity index is 2.08. The van der Waals surface area contributed by atoms with Crippen molar-refractivity contribution in [1.82, 2.24) is 19.9 Å². The number of carbonyl (C=O) groups is 1. The number of aryl methyl sites for hydroxylation is 3. The monoisotopic (exact) mass is 311 g/mol. The number of anilines is 1. The highest BCUT2D eigenvalue weighted by Gasteiger charge is 2.16. The zero-order valence-electron chi connectivity index (χ0n) is 13.4. The van der Waals surface area contributed by atoms with Gasteiger partial charge in [0.25, 0.3) is 5.91 Å². The lowest BCUT2D eigenvalue weighted by Crippen LogP contribution is -2.16. The summed E-state index contributed by atoms with van der Waals surface area (Å²) in [5.41, 5.74) is 4.39. The van der Waals surface area contributed by atoms with Crippen molar-refractivity contribution in [3.63, 3.8) is 0 Å². The van der Waals surface area contributed by atoms with Crippen LogP contribution in [0.25, 0.3) is 11.0 Å². The Hall–Kier alpha value is -2.96. The van der Waals surface area contributed by atoms with Gasteiger partial charge in [0.1, 0.15) is 11.5 Å². The van der Waals surface area contributed by atoms with Gasteiger partial charge in [0.2, 0.25) is 0 Å². The Morgan fingerprint density at radius 2 is 1.83 bits per heavy atom. The number of hydrogen-bond acceptors (Lipinski definition) is 4. The molecule has 2 heterocycles. The molecule has 7 heteroatoms. The molecule has 0 atom stereocenters. The molecule has 0 radical (unpaired) electrons. The van der Waals surface area contributed by atoms with Crippen molar-refractivity contribution in [3.8, 4) is 0 Å². The third kappa shape index (κ3) is 2.73. The summed E-state index contributed by atoms with van der Waals surface area (Å²) in [6.45, 7) is 7.37. The number of hydrogen-bond donors (Lipinski definition) is 3. The fourth-order valence-electron chi connectivity index (χ4n) is 2.58. The average Bonchev–Trinajstić information content (AvgIpc) is 2.82. The zero-order valence-corrected chi connectivity index (χ0v) is 13.4. The third-order valence-corrected chi connectivity index (χ3v) is 3.77. The zero-order chi connectivity index (χ0) is 16.7. The van der Waals surface area contributed by atoms with Crippen LogP contribution < -0.4 is 11.0 Å². The first-order valence-corrected chi connectivity index (χ1v) is 7.21. The number of aromatic amines is 2. The molecule has 0 aliphatic heterocycles. The first-order chi connectivity index (χ1) is 10.8. The molecule has 118 valence electrons. The van der Waals surface area contributed by atoms with E-state index in [1.807, 2.05) is 26.8 Å². The molecule has 0 spiro atoms. The summed E-state index contributed by atoms with van der Waals surface area (Å²) >= 11 is 0. The van der Waals surface area contributed by atoms with Crippen molar-refractivity contribution in [3.05, 3.63) is 51.0 Å². The van der Waals surface area contributed by atoms with E-state index in [0.717, 1.165) is 16.8 Å². The minimum Gasteiger partial charge on any atom is -0.318 e. The fourth-order valence-corrected chi connectivity index (χ4v) is 2.58. The molecule has 1 amide bonds. The molecule has 3 aromatic rings. The molecule has 0 bridgehead atoms. The van der Waals surface area contributed by atoms with E-state index in [0.29, 0.717) is 28.2 Å². The summed E-state index contributed by atoms with van der Waals surface area (Å²) in [5.74, 6) is 0.201.